The Morgan fingerprint density at radius 3 is 2.14 bits per heavy atom. The summed E-state index contributed by atoms with van der Waals surface area (Å²) in [7, 11) is 0. The monoisotopic (exact) mass is 198 g/mol. The van der Waals surface area contributed by atoms with E-state index in [-0.39, 0.29) is 17.8 Å². The van der Waals surface area contributed by atoms with Crippen molar-refractivity contribution in [3.63, 3.8) is 0 Å². The van der Waals surface area contributed by atoms with E-state index in [2.05, 4.69) is 6.58 Å². The smallest absolute Gasteiger partial charge is 0.333 e. The van der Waals surface area contributed by atoms with Gasteiger partial charge in [-0.3, -0.25) is 9.59 Å². The highest BCUT2D eigenvalue weighted by atomic mass is 16.5. The molecule has 0 aromatic rings. The Labute approximate surface area is 82.9 Å². The van der Waals surface area contributed by atoms with Gasteiger partial charge in [0.2, 0.25) is 0 Å². The fraction of sp³-hybridized carbons (Fsp3) is 0.500. The van der Waals surface area contributed by atoms with Crippen molar-refractivity contribution in [2.75, 3.05) is 0 Å². The summed E-state index contributed by atoms with van der Waals surface area (Å²) in [5, 5.41) is 0. The summed E-state index contributed by atoms with van der Waals surface area (Å²) in [6.07, 6.45) is -1.09. The van der Waals surface area contributed by atoms with E-state index in [4.69, 9.17) is 4.74 Å². The van der Waals surface area contributed by atoms with E-state index in [0.717, 1.165) is 0 Å². The first-order valence-corrected chi connectivity index (χ1v) is 4.23. The zero-order valence-corrected chi connectivity index (χ0v) is 8.62. The van der Waals surface area contributed by atoms with Gasteiger partial charge in [0, 0.05) is 5.57 Å². The van der Waals surface area contributed by atoms with Gasteiger partial charge >= 0.3 is 5.97 Å². The van der Waals surface area contributed by atoms with E-state index < -0.39 is 17.9 Å². The first kappa shape index (κ1) is 12.6. The molecule has 1 atom stereocenters. The van der Waals surface area contributed by atoms with Crippen LogP contribution in [0.2, 0.25) is 0 Å². The fourth-order valence-corrected chi connectivity index (χ4v) is 0.716. The van der Waals surface area contributed by atoms with Crippen molar-refractivity contribution in [3.8, 4) is 0 Å². The van der Waals surface area contributed by atoms with Crippen LogP contribution < -0.4 is 0 Å². The molecule has 78 valence electrons. The van der Waals surface area contributed by atoms with Gasteiger partial charge in [0.05, 0.1) is 6.42 Å². The molecule has 0 aliphatic rings. The molecule has 4 heteroatoms. The lowest BCUT2D eigenvalue weighted by molar-refractivity contribution is -0.151. The highest BCUT2D eigenvalue weighted by molar-refractivity contribution is 6.01. The van der Waals surface area contributed by atoms with Crippen LogP contribution in [0.15, 0.2) is 12.2 Å². The number of esters is 1. The van der Waals surface area contributed by atoms with Gasteiger partial charge in [0.15, 0.2) is 11.9 Å². The number of Topliss-reactive ketones (excluding diaryl/α,β-unsaturated/α-hetero) is 2. The molecule has 0 fully saturated rings. The van der Waals surface area contributed by atoms with E-state index in [0.29, 0.717) is 0 Å². The van der Waals surface area contributed by atoms with E-state index in [1.165, 1.54) is 20.8 Å². The van der Waals surface area contributed by atoms with Crippen LogP contribution in [0.4, 0.5) is 0 Å². The molecule has 0 aromatic heterocycles. The lowest BCUT2D eigenvalue weighted by Crippen LogP contribution is -2.25. The summed E-state index contributed by atoms with van der Waals surface area (Å²) in [4.78, 5) is 32.8. The first-order chi connectivity index (χ1) is 6.34. The average Bonchev–Trinajstić information content (AvgIpc) is 2.02. The molecule has 0 rings (SSSR count). The number of carbonyl (C=O) groups excluding carboxylic acids is 3. The summed E-state index contributed by atoms with van der Waals surface area (Å²) in [5.41, 5.74) is 0.229. The van der Waals surface area contributed by atoms with Crippen molar-refractivity contribution < 1.29 is 19.1 Å². The summed E-state index contributed by atoms with van der Waals surface area (Å²) in [5.74, 6) is -1.25. The Kier molecular flexibility index (Phi) is 4.77. The van der Waals surface area contributed by atoms with Gasteiger partial charge in [-0.15, -0.1) is 0 Å². The maximum atomic E-state index is 11.2. The van der Waals surface area contributed by atoms with Crippen LogP contribution in [-0.4, -0.2) is 23.6 Å². The summed E-state index contributed by atoms with van der Waals surface area (Å²) < 4.78 is 4.73. The van der Waals surface area contributed by atoms with Crippen molar-refractivity contribution in [2.45, 2.75) is 33.3 Å². The highest BCUT2D eigenvalue weighted by Gasteiger charge is 2.18. The molecule has 0 saturated carbocycles. The molecule has 0 heterocycles. The van der Waals surface area contributed by atoms with Crippen LogP contribution in [0.3, 0.4) is 0 Å². The van der Waals surface area contributed by atoms with Crippen LogP contribution in [0.25, 0.3) is 0 Å². The molecule has 0 saturated heterocycles. The topological polar surface area (TPSA) is 60.4 Å². The second-order valence-corrected chi connectivity index (χ2v) is 3.17. The van der Waals surface area contributed by atoms with Crippen molar-refractivity contribution >= 4 is 17.5 Å². The molecule has 1 unspecified atom stereocenters. The number of ketones is 2. The van der Waals surface area contributed by atoms with E-state index >= 15 is 0 Å². The lowest BCUT2D eigenvalue weighted by atomic mass is 10.1. The first-order valence-electron chi connectivity index (χ1n) is 4.23. The van der Waals surface area contributed by atoms with Gasteiger partial charge in [-0.1, -0.05) is 6.58 Å². The number of hydrogen-bond acceptors (Lipinski definition) is 4. The van der Waals surface area contributed by atoms with Crippen molar-refractivity contribution in [3.05, 3.63) is 12.2 Å². The standard InChI is InChI=1S/C10H14O4/c1-6(2)10(13)14-8(4)9(12)5-7(3)11/h8H,1,5H2,2-4H3. The van der Waals surface area contributed by atoms with Crippen molar-refractivity contribution in [1.29, 1.82) is 0 Å². The molecule has 0 bridgehead atoms. The number of carbonyl (C=O) groups is 3. The molecule has 14 heavy (non-hydrogen) atoms. The summed E-state index contributed by atoms with van der Waals surface area (Å²) in [6, 6.07) is 0. The number of hydrogen-bond donors (Lipinski definition) is 0. The molecule has 0 aromatic carbocycles. The van der Waals surface area contributed by atoms with Crippen LogP contribution in [0.5, 0.6) is 0 Å². The number of rotatable bonds is 5. The second-order valence-electron chi connectivity index (χ2n) is 3.17. The summed E-state index contributed by atoms with van der Waals surface area (Å²) >= 11 is 0. The van der Waals surface area contributed by atoms with Crippen molar-refractivity contribution in [2.24, 2.45) is 0 Å². The second kappa shape index (κ2) is 5.32. The lowest BCUT2D eigenvalue weighted by Gasteiger charge is -2.10. The minimum Gasteiger partial charge on any atom is -0.451 e. The molecule has 0 radical (unpaired) electrons. The molecule has 0 aliphatic heterocycles. The zero-order chi connectivity index (χ0) is 11.3. The Morgan fingerprint density at radius 1 is 1.29 bits per heavy atom. The van der Waals surface area contributed by atoms with Gasteiger partial charge in [-0.05, 0) is 20.8 Å². The van der Waals surface area contributed by atoms with Crippen molar-refractivity contribution in [1.82, 2.24) is 0 Å². The summed E-state index contributed by atoms with van der Waals surface area (Å²) in [6.45, 7) is 7.61. The quantitative estimate of drug-likeness (QED) is 0.376. The maximum absolute atomic E-state index is 11.2. The Bertz CT molecular complexity index is 278. The molecular weight excluding hydrogens is 184 g/mol. The highest BCUT2D eigenvalue weighted by Crippen LogP contribution is 2.02. The molecular formula is C10H14O4. The van der Waals surface area contributed by atoms with E-state index in [1.54, 1.807) is 0 Å². The van der Waals surface area contributed by atoms with Crippen LogP contribution in [0, 0.1) is 0 Å². The van der Waals surface area contributed by atoms with Crippen LogP contribution in [-0.2, 0) is 19.1 Å². The Hall–Kier alpha value is -1.45. The Balaban J connectivity index is 4.14. The van der Waals surface area contributed by atoms with Crippen LogP contribution in [0.1, 0.15) is 27.2 Å². The van der Waals surface area contributed by atoms with Gasteiger partial charge in [0.1, 0.15) is 5.78 Å². The van der Waals surface area contributed by atoms with Gasteiger partial charge in [-0.25, -0.2) is 4.79 Å². The third-order valence-corrected chi connectivity index (χ3v) is 1.51. The Morgan fingerprint density at radius 2 is 1.79 bits per heavy atom. The number of ether oxygens (including phenoxy) is 1. The normalized spacial score (nSPS) is 11.6. The molecule has 4 nitrogen and oxygen atoms in total. The predicted octanol–water partition coefficient (Wildman–Crippen LogP) is 1.04. The minimum atomic E-state index is -0.886. The zero-order valence-electron chi connectivity index (χ0n) is 8.62. The van der Waals surface area contributed by atoms with E-state index in [9.17, 15) is 14.4 Å². The molecule has 0 amide bonds. The fourth-order valence-electron chi connectivity index (χ4n) is 0.716. The molecule has 0 aliphatic carbocycles. The average molecular weight is 198 g/mol. The van der Waals surface area contributed by atoms with E-state index in [1.807, 2.05) is 0 Å². The van der Waals surface area contributed by atoms with Gasteiger partial charge in [0.25, 0.3) is 0 Å². The minimum absolute atomic E-state index is 0.204. The van der Waals surface area contributed by atoms with Gasteiger partial charge in [-0.2, -0.15) is 0 Å². The van der Waals surface area contributed by atoms with Crippen LogP contribution >= 0.6 is 0 Å². The SMILES string of the molecule is C=C(C)C(=O)OC(C)C(=O)CC(C)=O. The molecule has 0 N–H and O–H groups in total. The largest absolute Gasteiger partial charge is 0.451 e. The predicted molar refractivity (Wildman–Crippen MR) is 50.7 cm³/mol. The third-order valence-electron chi connectivity index (χ3n) is 1.51. The molecule has 0 spiro atoms. The maximum Gasteiger partial charge on any atom is 0.333 e. The third kappa shape index (κ3) is 4.54. The van der Waals surface area contributed by atoms with Gasteiger partial charge < -0.3 is 4.74 Å².